The molecular formula is C26H25ClF2N4S. The van der Waals surface area contributed by atoms with Crippen LogP contribution in [0.1, 0.15) is 5.69 Å². The van der Waals surface area contributed by atoms with E-state index < -0.39 is 0 Å². The molecule has 176 valence electrons. The maximum absolute atomic E-state index is 13.3. The van der Waals surface area contributed by atoms with E-state index in [1.54, 1.807) is 36.0 Å². The molecule has 0 atom stereocenters. The number of rotatable bonds is 9. The molecule has 3 aromatic carbocycles. The molecule has 0 aliphatic heterocycles. The van der Waals surface area contributed by atoms with Crippen molar-refractivity contribution in [2.24, 2.45) is 0 Å². The summed E-state index contributed by atoms with van der Waals surface area (Å²) in [6, 6.07) is 20.6. The first kappa shape index (κ1) is 24.1. The van der Waals surface area contributed by atoms with Gasteiger partial charge in [0.2, 0.25) is 0 Å². The zero-order valence-electron chi connectivity index (χ0n) is 19.0. The fourth-order valence-electron chi connectivity index (χ4n) is 3.58. The fraction of sp³-hybridized carbons (Fsp3) is 0.192. The summed E-state index contributed by atoms with van der Waals surface area (Å²) in [4.78, 5) is 8.84. The van der Waals surface area contributed by atoms with Gasteiger partial charge in [0.1, 0.15) is 11.6 Å². The molecule has 0 saturated carbocycles. The topological polar surface area (TPSA) is 24.3 Å². The molecule has 0 radical (unpaired) electrons. The van der Waals surface area contributed by atoms with Crippen molar-refractivity contribution in [2.75, 3.05) is 36.2 Å². The van der Waals surface area contributed by atoms with Crippen molar-refractivity contribution in [1.82, 2.24) is 9.55 Å². The average molecular weight is 499 g/mol. The highest BCUT2D eigenvalue weighted by Crippen LogP contribution is 2.27. The van der Waals surface area contributed by atoms with Crippen molar-refractivity contribution in [3.63, 3.8) is 0 Å². The van der Waals surface area contributed by atoms with Gasteiger partial charge in [-0.15, -0.1) is 0 Å². The number of hydrogen-bond acceptors (Lipinski definition) is 4. The molecule has 4 nitrogen and oxygen atoms in total. The molecule has 8 heteroatoms. The van der Waals surface area contributed by atoms with Crippen molar-refractivity contribution >= 4 is 34.7 Å². The number of benzene rings is 3. The van der Waals surface area contributed by atoms with E-state index in [1.165, 1.54) is 24.3 Å². The Hall–Kier alpha value is -3.03. The van der Waals surface area contributed by atoms with Crippen molar-refractivity contribution in [1.29, 1.82) is 0 Å². The highest BCUT2D eigenvalue weighted by Gasteiger charge is 2.15. The highest BCUT2D eigenvalue weighted by atomic mass is 35.5. The van der Waals surface area contributed by atoms with E-state index in [0.29, 0.717) is 11.6 Å². The first-order chi connectivity index (χ1) is 16.4. The molecule has 0 aliphatic carbocycles. The summed E-state index contributed by atoms with van der Waals surface area (Å²) >= 11 is 7.77. The Labute approximate surface area is 207 Å². The first-order valence-corrected chi connectivity index (χ1v) is 12.2. The quantitative estimate of drug-likeness (QED) is 0.240. The number of aromatic nitrogens is 2. The minimum Gasteiger partial charge on any atom is -0.374 e. The van der Waals surface area contributed by atoms with Crippen LogP contribution in [0.25, 0.3) is 5.69 Å². The molecule has 4 aromatic rings. The van der Waals surface area contributed by atoms with E-state index in [9.17, 15) is 8.78 Å². The van der Waals surface area contributed by atoms with Crippen LogP contribution in [0.2, 0.25) is 5.02 Å². The summed E-state index contributed by atoms with van der Waals surface area (Å²) in [5.74, 6) is 0.299. The molecule has 0 N–H and O–H groups in total. The Kier molecular flexibility index (Phi) is 7.75. The average Bonchev–Trinajstić information content (AvgIpc) is 3.22. The smallest absolute Gasteiger partial charge is 0.172 e. The predicted octanol–water partition coefficient (Wildman–Crippen LogP) is 6.67. The van der Waals surface area contributed by atoms with Crippen LogP contribution in [0.4, 0.5) is 20.2 Å². The van der Waals surface area contributed by atoms with Crippen molar-refractivity contribution < 1.29 is 8.78 Å². The number of thioether (sulfide) groups is 1. The van der Waals surface area contributed by atoms with Gasteiger partial charge in [-0.1, -0.05) is 23.4 Å². The van der Waals surface area contributed by atoms with Crippen LogP contribution >= 0.6 is 23.4 Å². The molecule has 1 aromatic heterocycles. The van der Waals surface area contributed by atoms with Crippen LogP contribution in [0.5, 0.6) is 0 Å². The lowest BCUT2D eigenvalue weighted by molar-refractivity contribution is 0.627. The molecule has 4 rings (SSSR count). The summed E-state index contributed by atoms with van der Waals surface area (Å²) in [5, 5.41) is 1.54. The Bertz CT molecular complexity index is 1210. The maximum Gasteiger partial charge on any atom is 0.172 e. The van der Waals surface area contributed by atoms with Gasteiger partial charge in [-0.05, 0) is 72.8 Å². The van der Waals surface area contributed by atoms with E-state index in [-0.39, 0.29) is 11.6 Å². The van der Waals surface area contributed by atoms with Gasteiger partial charge >= 0.3 is 0 Å². The summed E-state index contributed by atoms with van der Waals surface area (Å²) < 4.78 is 28.7. The van der Waals surface area contributed by atoms with Gasteiger partial charge in [0.25, 0.3) is 0 Å². The highest BCUT2D eigenvalue weighted by molar-refractivity contribution is 7.99. The molecule has 0 bridgehead atoms. The summed E-state index contributed by atoms with van der Waals surface area (Å²) in [7, 11) is 3.96. The molecule has 0 unspecified atom stereocenters. The molecule has 34 heavy (non-hydrogen) atoms. The summed E-state index contributed by atoms with van der Waals surface area (Å²) in [5.41, 5.74) is 3.85. The molecule has 0 aliphatic rings. The maximum atomic E-state index is 13.3. The summed E-state index contributed by atoms with van der Waals surface area (Å²) in [6.45, 7) is 1.37. The predicted molar refractivity (Wildman–Crippen MR) is 137 cm³/mol. The third-order valence-corrected chi connectivity index (χ3v) is 6.66. The molecule has 0 fully saturated rings. The zero-order valence-corrected chi connectivity index (χ0v) is 20.5. The lowest BCUT2D eigenvalue weighted by Gasteiger charge is -2.21. The number of anilines is 2. The minimum absolute atomic E-state index is 0.241. The van der Waals surface area contributed by atoms with Crippen LogP contribution in [0, 0.1) is 11.6 Å². The first-order valence-electron chi connectivity index (χ1n) is 10.8. The van der Waals surface area contributed by atoms with Crippen molar-refractivity contribution in [3.05, 3.63) is 101 Å². The largest absolute Gasteiger partial charge is 0.374 e. The van der Waals surface area contributed by atoms with E-state index in [0.717, 1.165) is 40.2 Å². The molecule has 0 saturated heterocycles. The van der Waals surface area contributed by atoms with Gasteiger partial charge < -0.3 is 9.80 Å². The lowest BCUT2D eigenvalue weighted by atomic mass is 10.2. The van der Waals surface area contributed by atoms with Gasteiger partial charge in [-0.3, -0.25) is 4.57 Å². The van der Waals surface area contributed by atoms with Crippen LogP contribution in [0.3, 0.4) is 0 Å². The molecule has 0 amide bonds. The van der Waals surface area contributed by atoms with Crippen molar-refractivity contribution in [3.8, 4) is 5.69 Å². The van der Waals surface area contributed by atoms with Crippen LogP contribution in [-0.4, -0.2) is 35.9 Å². The SMILES string of the molecule is CN(CCSc1ncc(CN(C)c2ccc(F)cc2)n1-c1ccc(Cl)cc1)c1ccc(F)cc1. The van der Waals surface area contributed by atoms with Crippen LogP contribution in [-0.2, 0) is 6.54 Å². The second-order valence-corrected chi connectivity index (χ2v) is 9.42. The van der Waals surface area contributed by atoms with Gasteiger partial charge in [-0.2, -0.15) is 0 Å². The molecular weight excluding hydrogens is 474 g/mol. The standard InChI is InChI=1S/C26H25ClF2N4S/c1-31(22-11-5-20(28)6-12-22)15-16-34-26-30-17-25(33(26)24-9-3-19(27)4-10-24)18-32(2)23-13-7-21(29)8-14-23/h3-14,17H,15-16,18H2,1-2H3. The van der Waals surface area contributed by atoms with Gasteiger partial charge in [-0.25, -0.2) is 13.8 Å². The van der Waals surface area contributed by atoms with E-state index in [4.69, 9.17) is 16.6 Å². The van der Waals surface area contributed by atoms with Gasteiger partial charge in [0.05, 0.1) is 18.4 Å². The Balaban J connectivity index is 1.52. The summed E-state index contributed by atoms with van der Waals surface area (Å²) in [6.07, 6.45) is 1.88. The third-order valence-electron chi connectivity index (χ3n) is 5.48. The number of imidazole rings is 1. The number of halogens is 3. The minimum atomic E-state index is -0.257. The second-order valence-electron chi connectivity index (χ2n) is 7.92. The van der Waals surface area contributed by atoms with Gasteiger partial charge in [0.15, 0.2) is 5.16 Å². The molecule has 0 spiro atoms. The van der Waals surface area contributed by atoms with Crippen LogP contribution in [0.15, 0.2) is 84.1 Å². The van der Waals surface area contributed by atoms with Gasteiger partial charge in [0, 0.05) is 48.5 Å². The fourth-order valence-corrected chi connectivity index (χ4v) is 4.73. The van der Waals surface area contributed by atoms with Crippen LogP contribution < -0.4 is 9.80 Å². The number of hydrogen-bond donors (Lipinski definition) is 0. The monoisotopic (exact) mass is 498 g/mol. The Morgan fingerprint density at radius 2 is 1.38 bits per heavy atom. The van der Waals surface area contributed by atoms with E-state index >= 15 is 0 Å². The van der Waals surface area contributed by atoms with Crippen molar-refractivity contribution in [2.45, 2.75) is 11.7 Å². The lowest BCUT2D eigenvalue weighted by Crippen LogP contribution is -2.20. The van der Waals surface area contributed by atoms with E-state index in [1.807, 2.05) is 44.6 Å². The molecule has 1 heterocycles. The zero-order chi connectivity index (χ0) is 24.1. The Morgan fingerprint density at radius 3 is 1.97 bits per heavy atom. The number of nitrogens with zero attached hydrogens (tertiary/aromatic N) is 4. The third kappa shape index (κ3) is 5.90. The second kappa shape index (κ2) is 10.9. The normalized spacial score (nSPS) is 11.0. The van der Waals surface area contributed by atoms with E-state index in [2.05, 4.69) is 14.4 Å². The Morgan fingerprint density at radius 1 is 0.824 bits per heavy atom.